The normalized spacial score (nSPS) is 33.3. The molecule has 0 spiro atoms. The lowest BCUT2D eigenvalue weighted by molar-refractivity contribution is -0.308. The van der Waals surface area contributed by atoms with E-state index in [9.17, 15) is 35.7 Å². The van der Waals surface area contributed by atoms with Crippen molar-refractivity contribution in [2.24, 2.45) is 5.92 Å². The van der Waals surface area contributed by atoms with Gasteiger partial charge in [0.15, 0.2) is 35.1 Å². The Morgan fingerprint density at radius 3 is 2.24 bits per heavy atom. The molecule has 0 amide bonds. The Hall–Kier alpha value is -2.68. The zero-order valence-corrected chi connectivity index (χ0v) is 21.0. The number of rotatable bonds is 9. The van der Waals surface area contributed by atoms with E-state index >= 15 is 0 Å². The van der Waals surface area contributed by atoms with Crippen LogP contribution in [-0.2, 0) is 20.6 Å². The van der Waals surface area contributed by atoms with E-state index < -0.39 is 54.9 Å². The molecular weight excluding hydrogens is 504 g/mol. The van der Waals surface area contributed by atoms with E-state index in [1.54, 1.807) is 24.3 Å². The maximum Gasteiger partial charge on any atom is 0.186 e. The van der Waals surface area contributed by atoms with Gasteiger partial charge in [0.05, 0.1) is 34.0 Å². The SMILES string of the molecule is COc1cc(CC2(O)OCC(c3ccc(O)c(OC)c3)C2COC2OC(CO)C(O)C(O)C2O)ccc1O. The van der Waals surface area contributed by atoms with Crippen LogP contribution in [0.3, 0.4) is 0 Å². The standard InChI is InChI=1S/C26H34O12/c1-34-19-7-13(3-5-17(19)28)9-26(33)16(12-36-25-24(32)23(31)22(30)21(10-27)38-25)15(11-37-26)14-4-6-18(29)20(8-14)35-2/h3-8,15-16,21-25,27-33H,9-12H2,1-2H3. The molecule has 7 N–H and O–H groups in total. The zero-order valence-electron chi connectivity index (χ0n) is 21.0. The molecule has 0 saturated carbocycles. The summed E-state index contributed by atoms with van der Waals surface area (Å²) in [5, 5.41) is 71.8. The van der Waals surface area contributed by atoms with Crippen LogP contribution in [0.15, 0.2) is 36.4 Å². The fraction of sp³-hybridized carbons (Fsp3) is 0.538. The van der Waals surface area contributed by atoms with Gasteiger partial charge in [-0.05, 0) is 35.4 Å². The van der Waals surface area contributed by atoms with Crippen LogP contribution in [0.4, 0.5) is 0 Å². The molecule has 0 bridgehead atoms. The molecule has 2 aliphatic rings. The topological polar surface area (TPSA) is 188 Å². The van der Waals surface area contributed by atoms with Gasteiger partial charge in [0.1, 0.15) is 24.4 Å². The molecule has 0 aromatic heterocycles. The van der Waals surface area contributed by atoms with Crippen LogP contribution in [0, 0.1) is 5.92 Å². The Morgan fingerprint density at radius 2 is 1.58 bits per heavy atom. The minimum atomic E-state index is -1.79. The number of aliphatic hydroxyl groups is 5. The highest BCUT2D eigenvalue weighted by atomic mass is 16.7. The summed E-state index contributed by atoms with van der Waals surface area (Å²) in [4.78, 5) is 0. The molecule has 0 radical (unpaired) electrons. The van der Waals surface area contributed by atoms with E-state index in [1.165, 1.54) is 26.4 Å². The van der Waals surface area contributed by atoms with E-state index in [0.29, 0.717) is 11.1 Å². The number of hydrogen-bond acceptors (Lipinski definition) is 12. The number of aliphatic hydroxyl groups excluding tert-OH is 4. The highest BCUT2D eigenvalue weighted by Gasteiger charge is 2.51. The van der Waals surface area contributed by atoms with Gasteiger partial charge in [0.25, 0.3) is 0 Å². The number of hydrogen-bond donors (Lipinski definition) is 7. The lowest BCUT2D eigenvalue weighted by Crippen LogP contribution is -2.59. The van der Waals surface area contributed by atoms with E-state index in [0.717, 1.165) is 0 Å². The fourth-order valence-corrected chi connectivity index (χ4v) is 4.98. The lowest BCUT2D eigenvalue weighted by Gasteiger charge is -2.40. The molecule has 12 heteroatoms. The van der Waals surface area contributed by atoms with Gasteiger partial charge >= 0.3 is 0 Å². The number of ether oxygens (including phenoxy) is 5. The van der Waals surface area contributed by atoms with Crippen LogP contribution in [-0.4, -0.2) is 106 Å². The fourth-order valence-electron chi connectivity index (χ4n) is 4.98. The van der Waals surface area contributed by atoms with Crippen molar-refractivity contribution in [1.82, 2.24) is 0 Å². The first-order valence-corrected chi connectivity index (χ1v) is 12.1. The molecular formula is C26H34O12. The van der Waals surface area contributed by atoms with Crippen molar-refractivity contribution in [3.8, 4) is 23.0 Å². The largest absolute Gasteiger partial charge is 0.504 e. The molecule has 2 fully saturated rings. The highest BCUT2D eigenvalue weighted by Crippen LogP contribution is 2.45. The van der Waals surface area contributed by atoms with Crippen LogP contribution >= 0.6 is 0 Å². The molecule has 0 aliphatic carbocycles. The van der Waals surface area contributed by atoms with Gasteiger partial charge in [-0.3, -0.25) is 0 Å². The maximum absolute atomic E-state index is 11.7. The van der Waals surface area contributed by atoms with Gasteiger partial charge in [-0.2, -0.15) is 0 Å². The average molecular weight is 539 g/mol. The molecule has 8 unspecified atom stereocenters. The number of benzene rings is 2. The molecule has 2 saturated heterocycles. The molecule has 12 nitrogen and oxygen atoms in total. The number of aromatic hydroxyl groups is 2. The number of phenolic OH excluding ortho intramolecular Hbond substituents is 2. The van der Waals surface area contributed by atoms with Gasteiger partial charge in [-0.15, -0.1) is 0 Å². The first-order chi connectivity index (χ1) is 18.1. The third-order valence-corrected chi connectivity index (χ3v) is 7.20. The van der Waals surface area contributed by atoms with E-state index in [4.69, 9.17) is 23.7 Å². The summed E-state index contributed by atoms with van der Waals surface area (Å²) in [5.41, 5.74) is 1.28. The second-order valence-corrected chi connectivity index (χ2v) is 9.51. The minimum Gasteiger partial charge on any atom is -0.504 e. The zero-order chi connectivity index (χ0) is 27.6. The smallest absolute Gasteiger partial charge is 0.186 e. The summed E-state index contributed by atoms with van der Waals surface area (Å²) < 4.78 is 27.6. The Kier molecular flexibility index (Phi) is 8.65. The van der Waals surface area contributed by atoms with Gasteiger partial charge in [0, 0.05) is 18.3 Å². The molecule has 2 aromatic carbocycles. The second kappa shape index (κ2) is 11.6. The molecule has 2 aliphatic heterocycles. The summed E-state index contributed by atoms with van der Waals surface area (Å²) in [6.45, 7) is -0.759. The predicted octanol–water partition coefficient (Wildman–Crippen LogP) is -0.407. The first kappa shape index (κ1) is 28.3. The molecule has 2 aromatic rings. The number of methoxy groups -OCH3 is 2. The Balaban J connectivity index is 1.62. The summed E-state index contributed by atoms with van der Waals surface area (Å²) in [6.07, 6.45) is -7.35. The monoisotopic (exact) mass is 538 g/mol. The second-order valence-electron chi connectivity index (χ2n) is 9.51. The van der Waals surface area contributed by atoms with Crippen LogP contribution < -0.4 is 9.47 Å². The van der Waals surface area contributed by atoms with Crippen molar-refractivity contribution < 1.29 is 59.4 Å². The third-order valence-electron chi connectivity index (χ3n) is 7.20. The molecule has 210 valence electrons. The van der Waals surface area contributed by atoms with Crippen molar-refractivity contribution in [2.75, 3.05) is 34.0 Å². The minimum absolute atomic E-state index is 0.0158. The summed E-state index contributed by atoms with van der Waals surface area (Å²) in [5.74, 6) is -2.68. The van der Waals surface area contributed by atoms with Crippen LogP contribution in [0.1, 0.15) is 17.0 Å². The van der Waals surface area contributed by atoms with E-state index in [1.807, 2.05) is 0 Å². The van der Waals surface area contributed by atoms with Crippen molar-refractivity contribution >= 4 is 0 Å². The number of phenols is 2. The summed E-state index contributed by atoms with van der Waals surface area (Å²) >= 11 is 0. The highest BCUT2D eigenvalue weighted by molar-refractivity contribution is 5.44. The van der Waals surface area contributed by atoms with E-state index in [-0.39, 0.29) is 42.6 Å². The van der Waals surface area contributed by atoms with Crippen molar-refractivity contribution in [2.45, 2.75) is 48.8 Å². The molecule has 2 heterocycles. The van der Waals surface area contributed by atoms with Gasteiger partial charge in [-0.25, -0.2) is 0 Å². The summed E-state index contributed by atoms with van der Waals surface area (Å²) in [6, 6.07) is 9.39. The molecule has 38 heavy (non-hydrogen) atoms. The van der Waals surface area contributed by atoms with E-state index in [2.05, 4.69) is 0 Å². The lowest BCUT2D eigenvalue weighted by atomic mass is 9.81. The predicted molar refractivity (Wildman–Crippen MR) is 130 cm³/mol. The van der Waals surface area contributed by atoms with Crippen LogP contribution in [0.5, 0.6) is 23.0 Å². The molecule has 8 atom stereocenters. The average Bonchev–Trinajstić information content (AvgIpc) is 3.23. The third kappa shape index (κ3) is 5.53. The Bertz CT molecular complexity index is 1090. The Morgan fingerprint density at radius 1 is 0.921 bits per heavy atom. The molecule has 4 rings (SSSR count). The van der Waals surface area contributed by atoms with Gasteiger partial charge in [-0.1, -0.05) is 12.1 Å². The van der Waals surface area contributed by atoms with Crippen LogP contribution in [0.2, 0.25) is 0 Å². The Labute approximate surface area is 219 Å². The van der Waals surface area contributed by atoms with Gasteiger partial charge < -0.3 is 59.4 Å². The summed E-state index contributed by atoms with van der Waals surface area (Å²) in [7, 11) is 2.82. The quantitative estimate of drug-likeness (QED) is 0.219. The van der Waals surface area contributed by atoms with Crippen molar-refractivity contribution in [3.63, 3.8) is 0 Å². The van der Waals surface area contributed by atoms with Crippen molar-refractivity contribution in [3.05, 3.63) is 47.5 Å². The first-order valence-electron chi connectivity index (χ1n) is 12.1. The van der Waals surface area contributed by atoms with Crippen molar-refractivity contribution in [1.29, 1.82) is 0 Å². The maximum atomic E-state index is 11.7. The van der Waals surface area contributed by atoms with Crippen LogP contribution in [0.25, 0.3) is 0 Å². The van der Waals surface area contributed by atoms with Gasteiger partial charge in [0.2, 0.25) is 0 Å².